The summed E-state index contributed by atoms with van der Waals surface area (Å²) in [4.78, 5) is 4.37. The summed E-state index contributed by atoms with van der Waals surface area (Å²) < 4.78 is 11.0. The van der Waals surface area contributed by atoms with Gasteiger partial charge in [-0.25, -0.2) is 0 Å². The van der Waals surface area contributed by atoms with Crippen LogP contribution in [0.15, 0.2) is 17.6 Å². The molecule has 2 aliphatic heterocycles. The van der Waals surface area contributed by atoms with E-state index in [-0.39, 0.29) is 12.2 Å². The van der Waals surface area contributed by atoms with Crippen LogP contribution in [-0.4, -0.2) is 44.5 Å². The van der Waals surface area contributed by atoms with Gasteiger partial charge in [0.05, 0.1) is 12.2 Å². The second-order valence-corrected chi connectivity index (χ2v) is 4.86. The summed E-state index contributed by atoms with van der Waals surface area (Å²) in [5.41, 5.74) is 5.83. The highest BCUT2D eigenvalue weighted by atomic mass is 16.5. The minimum Gasteiger partial charge on any atom is -0.376 e. The number of hydrogen-bond acceptors (Lipinski definition) is 3. The van der Waals surface area contributed by atoms with Gasteiger partial charge < -0.3 is 20.5 Å². The van der Waals surface area contributed by atoms with Crippen LogP contribution >= 0.6 is 0 Å². The van der Waals surface area contributed by atoms with Gasteiger partial charge in [0.15, 0.2) is 5.96 Å². The van der Waals surface area contributed by atoms with Crippen molar-refractivity contribution in [2.24, 2.45) is 16.6 Å². The van der Waals surface area contributed by atoms with Crippen molar-refractivity contribution in [2.75, 3.05) is 26.3 Å². The topological polar surface area (TPSA) is 68.9 Å². The quantitative estimate of drug-likeness (QED) is 0.429. The van der Waals surface area contributed by atoms with Gasteiger partial charge in [-0.2, -0.15) is 0 Å². The second-order valence-electron chi connectivity index (χ2n) is 4.86. The maximum Gasteiger partial charge on any atom is 0.188 e. The highest BCUT2D eigenvalue weighted by molar-refractivity contribution is 5.77. The molecule has 1 unspecified atom stereocenters. The summed E-state index contributed by atoms with van der Waals surface area (Å²) in [5, 5.41) is 3.12. The van der Waals surface area contributed by atoms with Gasteiger partial charge in [-0.1, -0.05) is 6.08 Å². The molecule has 2 heterocycles. The third-order valence-corrected chi connectivity index (χ3v) is 3.53. The zero-order chi connectivity index (χ0) is 12.8. The molecule has 0 aromatic heterocycles. The first-order valence-electron chi connectivity index (χ1n) is 6.69. The van der Waals surface area contributed by atoms with E-state index in [0.29, 0.717) is 18.4 Å². The Balaban J connectivity index is 1.69. The Bertz CT molecular complexity index is 301. The van der Waals surface area contributed by atoms with Gasteiger partial charge in [-0.3, -0.25) is 4.99 Å². The number of guanidine groups is 1. The first-order chi connectivity index (χ1) is 8.79. The van der Waals surface area contributed by atoms with Crippen molar-refractivity contribution >= 4 is 5.96 Å². The number of aliphatic imine (C=N–C) groups is 1. The second kappa shape index (κ2) is 6.75. The van der Waals surface area contributed by atoms with Crippen molar-refractivity contribution in [3.05, 3.63) is 12.7 Å². The molecule has 5 heteroatoms. The summed E-state index contributed by atoms with van der Waals surface area (Å²) in [6.45, 7) is 6.88. The van der Waals surface area contributed by atoms with Crippen LogP contribution in [0.4, 0.5) is 0 Å². The van der Waals surface area contributed by atoms with Crippen molar-refractivity contribution in [3.8, 4) is 0 Å². The molecular weight excluding hydrogens is 230 g/mol. The standard InChI is InChI=1S/C13H23N3O2/c1-2-12-10(5-7-18-12)8-15-13(14)16-9-11-4-3-6-17-11/h2,10-12H,1,3-9H2,(H3,14,15,16)/t10-,11?,12-/m0/s1. The molecule has 0 bridgehead atoms. The molecule has 2 rings (SSSR count). The van der Waals surface area contributed by atoms with E-state index in [2.05, 4.69) is 16.9 Å². The number of rotatable bonds is 5. The maximum absolute atomic E-state index is 5.83. The fourth-order valence-electron chi connectivity index (χ4n) is 2.41. The Hall–Kier alpha value is -1.07. The summed E-state index contributed by atoms with van der Waals surface area (Å²) >= 11 is 0. The minimum atomic E-state index is 0.125. The van der Waals surface area contributed by atoms with E-state index in [9.17, 15) is 0 Å². The number of ether oxygens (including phenoxy) is 2. The molecule has 18 heavy (non-hydrogen) atoms. The van der Waals surface area contributed by atoms with Crippen LogP contribution in [0.2, 0.25) is 0 Å². The van der Waals surface area contributed by atoms with E-state index in [1.165, 1.54) is 0 Å². The summed E-state index contributed by atoms with van der Waals surface area (Å²) in [6.07, 6.45) is 5.54. The van der Waals surface area contributed by atoms with Crippen LogP contribution < -0.4 is 11.1 Å². The molecule has 0 radical (unpaired) electrons. The van der Waals surface area contributed by atoms with E-state index in [1.54, 1.807) is 0 Å². The molecular formula is C13H23N3O2. The fourth-order valence-corrected chi connectivity index (χ4v) is 2.41. The number of hydrogen-bond donors (Lipinski definition) is 2. The smallest absolute Gasteiger partial charge is 0.188 e. The van der Waals surface area contributed by atoms with Gasteiger partial charge in [0.1, 0.15) is 0 Å². The zero-order valence-electron chi connectivity index (χ0n) is 10.8. The molecule has 3 atom stereocenters. The van der Waals surface area contributed by atoms with Crippen LogP contribution in [0.5, 0.6) is 0 Å². The fraction of sp³-hybridized carbons (Fsp3) is 0.769. The lowest BCUT2D eigenvalue weighted by molar-refractivity contribution is 0.114. The van der Waals surface area contributed by atoms with E-state index in [0.717, 1.165) is 39.0 Å². The molecule has 2 fully saturated rings. The van der Waals surface area contributed by atoms with Gasteiger partial charge >= 0.3 is 0 Å². The number of nitrogens with one attached hydrogen (secondary N) is 1. The lowest BCUT2D eigenvalue weighted by Crippen LogP contribution is -2.37. The molecule has 102 valence electrons. The average molecular weight is 253 g/mol. The van der Waals surface area contributed by atoms with Crippen LogP contribution in [-0.2, 0) is 9.47 Å². The third-order valence-electron chi connectivity index (χ3n) is 3.53. The van der Waals surface area contributed by atoms with Crippen molar-refractivity contribution in [1.29, 1.82) is 0 Å². The van der Waals surface area contributed by atoms with Crippen LogP contribution in [0.1, 0.15) is 19.3 Å². The molecule has 3 N–H and O–H groups in total. The summed E-state index contributed by atoms with van der Waals surface area (Å²) in [6, 6.07) is 0. The largest absolute Gasteiger partial charge is 0.376 e. The predicted octanol–water partition coefficient (Wildman–Crippen LogP) is 0.661. The van der Waals surface area contributed by atoms with Crippen molar-refractivity contribution in [2.45, 2.75) is 31.5 Å². The molecule has 0 aliphatic carbocycles. The van der Waals surface area contributed by atoms with Gasteiger partial charge in [0, 0.05) is 32.2 Å². The van der Waals surface area contributed by atoms with Gasteiger partial charge in [-0.05, 0) is 19.3 Å². The minimum absolute atomic E-state index is 0.125. The van der Waals surface area contributed by atoms with Crippen LogP contribution in [0.3, 0.4) is 0 Å². The highest BCUT2D eigenvalue weighted by Gasteiger charge is 2.25. The summed E-state index contributed by atoms with van der Waals surface area (Å²) in [7, 11) is 0. The number of nitrogens with zero attached hydrogens (tertiary/aromatic N) is 1. The zero-order valence-corrected chi connectivity index (χ0v) is 10.8. The molecule has 2 saturated heterocycles. The molecule has 5 nitrogen and oxygen atoms in total. The highest BCUT2D eigenvalue weighted by Crippen LogP contribution is 2.21. The molecule has 0 saturated carbocycles. The van der Waals surface area contributed by atoms with Crippen LogP contribution in [0, 0.1) is 5.92 Å². The summed E-state index contributed by atoms with van der Waals surface area (Å²) in [5.74, 6) is 0.908. The van der Waals surface area contributed by atoms with Crippen molar-refractivity contribution < 1.29 is 9.47 Å². The first kappa shape index (κ1) is 13.4. The first-order valence-corrected chi connectivity index (χ1v) is 6.69. The Kier molecular flexibility index (Phi) is 5.01. The molecule has 0 aromatic rings. The van der Waals surface area contributed by atoms with Crippen LogP contribution in [0.25, 0.3) is 0 Å². The maximum atomic E-state index is 5.83. The Labute approximate surface area is 108 Å². The lowest BCUT2D eigenvalue weighted by atomic mass is 10.0. The van der Waals surface area contributed by atoms with Gasteiger partial charge in [0.2, 0.25) is 0 Å². The average Bonchev–Trinajstić information content (AvgIpc) is 3.04. The Morgan fingerprint density at radius 1 is 1.39 bits per heavy atom. The Morgan fingerprint density at radius 2 is 2.28 bits per heavy atom. The number of nitrogens with two attached hydrogens (primary N) is 1. The van der Waals surface area contributed by atoms with Gasteiger partial charge in [0.25, 0.3) is 0 Å². The third kappa shape index (κ3) is 3.71. The molecule has 0 spiro atoms. The van der Waals surface area contributed by atoms with E-state index in [4.69, 9.17) is 15.2 Å². The van der Waals surface area contributed by atoms with Crippen molar-refractivity contribution in [1.82, 2.24) is 5.32 Å². The molecule has 2 aliphatic rings. The Morgan fingerprint density at radius 3 is 3.00 bits per heavy atom. The van der Waals surface area contributed by atoms with E-state index in [1.807, 2.05) is 6.08 Å². The van der Waals surface area contributed by atoms with Crippen molar-refractivity contribution in [3.63, 3.8) is 0 Å². The van der Waals surface area contributed by atoms with E-state index < -0.39 is 0 Å². The lowest BCUT2D eigenvalue weighted by Gasteiger charge is -2.14. The predicted molar refractivity (Wildman–Crippen MR) is 71.5 cm³/mol. The molecule has 0 amide bonds. The SMILES string of the molecule is C=C[C@@H]1OCC[C@H]1CN=C(N)NCC1CCCO1. The molecule has 0 aromatic carbocycles. The van der Waals surface area contributed by atoms with E-state index >= 15 is 0 Å². The normalized spacial score (nSPS) is 32.7. The monoisotopic (exact) mass is 253 g/mol. The van der Waals surface area contributed by atoms with Gasteiger partial charge in [-0.15, -0.1) is 6.58 Å².